The Morgan fingerprint density at radius 1 is 1.36 bits per heavy atom. The summed E-state index contributed by atoms with van der Waals surface area (Å²) in [6, 6.07) is 0. The minimum absolute atomic E-state index is 0. The smallest absolute Gasteiger partial charge is 0.156 e. The molecular weight excluding hydrogens is 156 g/mol. The van der Waals surface area contributed by atoms with Crippen LogP contribution in [0.25, 0.3) is 0 Å². The lowest BCUT2D eigenvalue weighted by Crippen LogP contribution is -2.20. The molecule has 1 rings (SSSR count). The highest BCUT2D eigenvalue weighted by Gasteiger charge is 2.25. The second kappa shape index (κ2) is 3.44. The summed E-state index contributed by atoms with van der Waals surface area (Å²) in [5.74, 6) is 0.286. The van der Waals surface area contributed by atoms with E-state index < -0.39 is 0 Å². The Morgan fingerprint density at radius 2 is 1.91 bits per heavy atom. The van der Waals surface area contributed by atoms with Crippen LogP contribution in [0.3, 0.4) is 0 Å². The van der Waals surface area contributed by atoms with Gasteiger partial charge in [-0.2, -0.15) is 13.5 Å². The number of rotatable bonds is 0. The van der Waals surface area contributed by atoms with E-state index in [1.807, 2.05) is 6.92 Å². The summed E-state index contributed by atoms with van der Waals surface area (Å²) in [6.07, 6.45) is 3.55. The fraction of sp³-hybridized carbons (Fsp3) is 0.667. The van der Waals surface area contributed by atoms with Gasteiger partial charge >= 0.3 is 0 Å². The normalized spacial score (nSPS) is 22.1. The van der Waals surface area contributed by atoms with Crippen molar-refractivity contribution in [3.05, 3.63) is 11.6 Å². The molecule has 0 N–H and O–H groups in total. The van der Waals surface area contributed by atoms with Crippen LogP contribution in [-0.2, 0) is 4.79 Å². The van der Waals surface area contributed by atoms with Gasteiger partial charge in [-0.05, 0) is 24.8 Å². The van der Waals surface area contributed by atoms with Gasteiger partial charge in [-0.15, -0.1) is 0 Å². The van der Waals surface area contributed by atoms with Crippen LogP contribution >= 0.6 is 13.5 Å². The summed E-state index contributed by atoms with van der Waals surface area (Å²) < 4.78 is 0. The van der Waals surface area contributed by atoms with Crippen LogP contribution in [-0.4, -0.2) is 5.78 Å². The topological polar surface area (TPSA) is 17.1 Å². The summed E-state index contributed by atoms with van der Waals surface area (Å²) >= 11 is 0. The average molecular weight is 172 g/mol. The molecule has 11 heavy (non-hydrogen) atoms. The number of carbonyl (C=O) groups is 1. The molecule has 1 nitrogen and oxygen atoms in total. The van der Waals surface area contributed by atoms with Gasteiger partial charge in [0.25, 0.3) is 0 Å². The van der Waals surface area contributed by atoms with Crippen LogP contribution in [0, 0.1) is 5.41 Å². The van der Waals surface area contributed by atoms with Gasteiger partial charge in [0.05, 0.1) is 0 Å². The molecule has 0 radical (unpaired) electrons. The van der Waals surface area contributed by atoms with E-state index in [-0.39, 0.29) is 24.7 Å². The minimum atomic E-state index is 0. The standard InChI is InChI=1S/C9H14O.H2S/c1-7-4-8(10)6-9(2,3)5-7;/h4H,5-6H2,1-3H3;1H2. The third kappa shape index (κ3) is 3.10. The molecule has 0 spiro atoms. The highest BCUT2D eigenvalue weighted by atomic mass is 32.1. The van der Waals surface area contributed by atoms with Crippen LogP contribution in [0.5, 0.6) is 0 Å². The largest absolute Gasteiger partial charge is 0.295 e. The van der Waals surface area contributed by atoms with Gasteiger partial charge in [-0.1, -0.05) is 19.4 Å². The molecule has 0 fully saturated rings. The quantitative estimate of drug-likeness (QED) is 0.548. The molecule has 0 aromatic carbocycles. The van der Waals surface area contributed by atoms with E-state index in [1.165, 1.54) is 5.57 Å². The van der Waals surface area contributed by atoms with E-state index in [2.05, 4.69) is 13.8 Å². The number of hydrogen-bond donors (Lipinski definition) is 0. The van der Waals surface area contributed by atoms with Crippen LogP contribution < -0.4 is 0 Å². The number of hydrogen-bond acceptors (Lipinski definition) is 1. The highest BCUT2D eigenvalue weighted by Crippen LogP contribution is 2.32. The molecule has 0 unspecified atom stereocenters. The Labute approximate surface area is 75.3 Å². The summed E-state index contributed by atoms with van der Waals surface area (Å²) in [5.41, 5.74) is 1.43. The molecule has 0 aromatic rings. The lowest BCUT2D eigenvalue weighted by atomic mass is 9.77. The molecule has 0 aromatic heterocycles. The van der Waals surface area contributed by atoms with Crippen molar-refractivity contribution in [3.8, 4) is 0 Å². The van der Waals surface area contributed by atoms with Crippen molar-refractivity contribution in [1.29, 1.82) is 0 Å². The van der Waals surface area contributed by atoms with Gasteiger partial charge in [0.1, 0.15) is 0 Å². The Bertz CT molecular complexity index is 192. The van der Waals surface area contributed by atoms with E-state index in [1.54, 1.807) is 6.08 Å². The van der Waals surface area contributed by atoms with E-state index >= 15 is 0 Å². The first-order valence-electron chi connectivity index (χ1n) is 3.70. The fourth-order valence-corrected chi connectivity index (χ4v) is 1.67. The molecule has 0 heterocycles. The molecule has 0 atom stereocenters. The van der Waals surface area contributed by atoms with Gasteiger partial charge in [-0.3, -0.25) is 4.79 Å². The van der Waals surface area contributed by atoms with Crippen molar-refractivity contribution < 1.29 is 4.79 Å². The van der Waals surface area contributed by atoms with Crippen LogP contribution in [0.2, 0.25) is 0 Å². The van der Waals surface area contributed by atoms with E-state index in [4.69, 9.17) is 0 Å². The first-order valence-corrected chi connectivity index (χ1v) is 3.70. The van der Waals surface area contributed by atoms with Crippen molar-refractivity contribution in [2.24, 2.45) is 5.41 Å². The number of carbonyl (C=O) groups excluding carboxylic acids is 1. The zero-order chi connectivity index (χ0) is 7.78. The van der Waals surface area contributed by atoms with Crippen LogP contribution in [0.15, 0.2) is 11.6 Å². The first kappa shape index (κ1) is 10.8. The van der Waals surface area contributed by atoms with Gasteiger partial charge in [0.15, 0.2) is 5.78 Å². The summed E-state index contributed by atoms with van der Waals surface area (Å²) in [4.78, 5) is 11.0. The molecule has 0 amide bonds. The maximum atomic E-state index is 11.0. The molecule has 0 saturated heterocycles. The molecule has 0 saturated carbocycles. The van der Waals surface area contributed by atoms with Gasteiger partial charge < -0.3 is 0 Å². The molecule has 0 bridgehead atoms. The Hall–Kier alpha value is -0.240. The second-order valence-electron chi connectivity index (χ2n) is 3.97. The predicted molar refractivity (Wildman–Crippen MR) is 52.2 cm³/mol. The SMILES string of the molecule is CC1=CC(=O)CC(C)(C)C1.S. The monoisotopic (exact) mass is 172 g/mol. The fourth-order valence-electron chi connectivity index (χ4n) is 1.67. The minimum Gasteiger partial charge on any atom is -0.295 e. The third-order valence-corrected chi connectivity index (χ3v) is 1.82. The molecule has 64 valence electrons. The van der Waals surface area contributed by atoms with E-state index in [0.29, 0.717) is 6.42 Å². The molecule has 1 aliphatic rings. The average Bonchev–Trinajstić information content (AvgIpc) is 1.54. The zero-order valence-electron chi connectivity index (χ0n) is 7.40. The summed E-state index contributed by atoms with van der Waals surface area (Å²) in [6.45, 7) is 6.31. The van der Waals surface area contributed by atoms with Crippen LogP contribution in [0.1, 0.15) is 33.6 Å². The summed E-state index contributed by atoms with van der Waals surface area (Å²) in [5, 5.41) is 0. The van der Waals surface area contributed by atoms with Crippen LogP contribution in [0.4, 0.5) is 0 Å². The maximum absolute atomic E-state index is 11.0. The third-order valence-electron chi connectivity index (χ3n) is 1.82. The predicted octanol–water partition coefficient (Wildman–Crippen LogP) is 2.43. The highest BCUT2D eigenvalue weighted by molar-refractivity contribution is 7.59. The van der Waals surface area contributed by atoms with Gasteiger partial charge in [-0.25, -0.2) is 0 Å². The Kier molecular flexibility index (Phi) is 3.36. The number of ketones is 1. The zero-order valence-corrected chi connectivity index (χ0v) is 8.40. The second-order valence-corrected chi connectivity index (χ2v) is 3.97. The molecule has 2 heteroatoms. The molecule has 1 aliphatic carbocycles. The Morgan fingerprint density at radius 3 is 2.27 bits per heavy atom. The first-order chi connectivity index (χ1) is 4.49. The van der Waals surface area contributed by atoms with Crippen molar-refractivity contribution in [1.82, 2.24) is 0 Å². The van der Waals surface area contributed by atoms with Crippen molar-refractivity contribution in [3.63, 3.8) is 0 Å². The van der Waals surface area contributed by atoms with E-state index in [9.17, 15) is 4.79 Å². The Balaban J connectivity index is 0.000001000. The van der Waals surface area contributed by atoms with Gasteiger partial charge in [0, 0.05) is 6.42 Å². The molecular formula is C9H16OS. The van der Waals surface area contributed by atoms with E-state index in [0.717, 1.165) is 6.42 Å². The maximum Gasteiger partial charge on any atom is 0.156 e. The molecule has 0 aliphatic heterocycles. The lowest BCUT2D eigenvalue weighted by molar-refractivity contribution is -0.117. The number of allylic oxidation sites excluding steroid dienone is 2. The van der Waals surface area contributed by atoms with Crippen molar-refractivity contribution in [2.45, 2.75) is 33.6 Å². The summed E-state index contributed by atoms with van der Waals surface area (Å²) in [7, 11) is 0. The van der Waals surface area contributed by atoms with Gasteiger partial charge in [0.2, 0.25) is 0 Å². The van der Waals surface area contributed by atoms with Crippen molar-refractivity contribution >= 4 is 19.3 Å². The lowest BCUT2D eigenvalue weighted by Gasteiger charge is -2.27. The van der Waals surface area contributed by atoms with Crippen molar-refractivity contribution in [2.75, 3.05) is 0 Å².